The summed E-state index contributed by atoms with van der Waals surface area (Å²) < 4.78 is 0. The minimum Gasteiger partial charge on any atom is -0.508 e. The van der Waals surface area contributed by atoms with Gasteiger partial charge in [-0.3, -0.25) is 0 Å². The Morgan fingerprint density at radius 1 is 1.06 bits per heavy atom. The van der Waals surface area contributed by atoms with Gasteiger partial charge in [0.05, 0.1) is 11.4 Å². The molecule has 0 radical (unpaired) electrons. The number of rotatable bonds is 2. The normalized spacial score (nSPS) is 10.3. The molecule has 0 aliphatic rings. The Hall–Kier alpha value is -2.36. The summed E-state index contributed by atoms with van der Waals surface area (Å²) in [5.74, 6) is 0.440. The fourth-order valence-electron chi connectivity index (χ4n) is 1.79. The van der Waals surface area contributed by atoms with E-state index in [1.54, 1.807) is 37.3 Å². The first kappa shape index (κ1) is 12.1. The van der Waals surface area contributed by atoms with Crippen molar-refractivity contribution in [2.45, 2.75) is 13.8 Å². The van der Waals surface area contributed by atoms with E-state index in [1.165, 1.54) is 0 Å². The fourth-order valence-corrected chi connectivity index (χ4v) is 1.79. The fraction of sp³-hybridized carbons (Fsp3) is 0.143. The third-order valence-corrected chi connectivity index (χ3v) is 2.93. The van der Waals surface area contributed by atoms with Gasteiger partial charge in [0.1, 0.15) is 11.5 Å². The molecule has 0 fully saturated rings. The van der Waals surface area contributed by atoms with Crippen molar-refractivity contribution in [3.05, 3.63) is 41.5 Å². The quantitative estimate of drug-likeness (QED) is 0.483. The molecule has 94 valence electrons. The Bertz CT molecular complexity index is 577. The number of hydrogen-bond donors (Lipinski definition) is 4. The van der Waals surface area contributed by atoms with Crippen molar-refractivity contribution in [2.75, 3.05) is 11.1 Å². The molecule has 0 unspecified atom stereocenters. The molecule has 2 aromatic rings. The van der Waals surface area contributed by atoms with Crippen LogP contribution in [-0.2, 0) is 0 Å². The first-order chi connectivity index (χ1) is 8.49. The van der Waals surface area contributed by atoms with Gasteiger partial charge in [-0.1, -0.05) is 0 Å². The predicted octanol–water partition coefficient (Wildman–Crippen LogP) is 3.04. The van der Waals surface area contributed by atoms with Crippen LogP contribution in [0.5, 0.6) is 11.5 Å². The molecule has 0 saturated carbocycles. The zero-order chi connectivity index (χ0) is 13.3. The van der Waals surface area contributed by atoms with Crippen LogP contribution < -0.4 is 11.1 Å². The van der Waals surface area contributed by atoms with Crippen molar-refractivity contribution in [1.29, 1.82) is 0 Å². The van der Waals surface area contributed by atoms with Crippen molar-refractivity contribution in [1.82, 2.24) is 0 Å². The van der Waals surface area contributed by atoms with Gasteiger partial charge < -0.3 is 21.3 Å². The second-order valence-electron chi connectivity index (χ2n) is 4.30. The lowest BCUT2D eigenvalue weighted by atomic mass is 10.1. The number of nitrogens with one attached hydrogen (secondary N) is 1. The highest BCUT2D eigenvalue weighted by atomic mass is 16.3. The molecular weight excluding hydrogens is 228 g/mol. The van der Waals surface area contributed by atoms with Gasteiger partial charge in [0.25, 0.3) is 0 Å². The lowest BCUT2D eigenvalue weighted by molar-refractivity contribution is 0.467. The van der Waals surface area contributed by atoms with E-state index in [4.69, 9.17) is 5.73 Å². The van der Waals surface area contributed by atoms with Crippen LogP contribution >= 0.6 is 0 Å². The van der Waals surface area contributed by atoms with E-state index >= 15 is 0 Å². The standard InChI is InChI=1S/C14H16N2O2/c1-8-7-12(13(15)9(2)14(8)18)16-10-3-5-11(17)6-4-10/h3-7,16-18H,15H2,1-2H3. The molecule has 4 nitrogen and oxygen atoms in total. The predicted molar refractivity (Wildman–Crippen MR) is 73.4 cm³/mol. The summed E-state index contributed by atoms with van der Waals surface area (Å²) >= 11 is 0. The molecule has 18 heavy (non-hydrogen) atoms. The molecule has 0 aliphatic carbocycles. The number of nitrogens with two attached hydrogens (primary N) is 1. The van der Waals surface area contributed by atoms with Crippen molar-refractivity contribution < 1.29 is 10.2 Å². The lowest BCUT2D eigenvalue weighted by Gasteiger charge is -2.14. The van der Waals surface area contributed by atoms with Crippen molar-refractivity contribution in [2.24, 2.45) is 0 Å². The van der Waals surface area contributed by atoms with Gasteiger partial charge in [-0.15, -0.1) is 0 Å². The van der Waals surface area contributed by atoms with Gasteiger partial charge in [-0.25, -0.2) is 0 Å². The summed E-state index contributed by atoms with van der Waals surface area (Å²) in [6.07, 6.45) is 0. The summed E-state index contributed by atoms with van der Waals surface area (Å²) in [6, 6.07) is 8.50. The van der Waals surface area contributed by atoms with Crippen LogP contribution in [0.15, 0.2) is 30.3 Å². The van der Waals surface area contributed by atoms with E-state index < -0.39 is 0 Å². The Morgan fingerprint density at radius 2 is 1.67 bits per heavy atom. The van der Waals surface area contributed by atoms with E-state index in [2.05, 4.69) is 5.32 Å². The van der Waals surface area contributed by atoms with E-state index in [0.717, 1.165) is 16.9 Å². The second-order valence-corrected chi connectivity index (χ2v) is 4.30. The van der Waals surface area contributed by atoms with Crippen molar-refractivity contribution in [3.8, 4) is 11.5 Å². The molecule has 0 aromatic heterocycles. The molecule has 2 rings (SSSR count). The maximum atomic E-state index is 9.77. The molecule has 4 heteroatoms. The average molecular weight is 244 g/mol. The highest BCUT2D eigenvalue weighted by Gasteiger charge is 2.10. The van der Waals surface area contributed by atoms with Crippen molar-refractivity contribution >= 4 is 17.1 Å². The Balaban J connectivity index is 2.38. The topological polar surface area (TPSA) is 78.5 Å². The molecule has 0 spiro atoms. The van der Waals surface area contributed by atoms with Gasteiger partial charge >= 0.3 is 0 Å². The Kier molecular flexibility index (Phi) is 3.02. The van der Waals surface area contributed by atoms with Gasteiger partial charge in [0, 0.05) is 11.3 Å². The van der Waals surface area contributed by atoms with Crippen LogP contribution in [0.3, 0.4) is 0 Å². The number of phenolic OH excluding ortho intramolecular Hbond substituents is 2. The number of anilines is 3. The van der Waals surface area contributed by atoms with Gasteiger partial charge in [-0.2, -0.15) is 0 Å². The molecule has 5 N–H and O–H groups in total. The summed E-state index contributed by atoms with van der Waals surface area (Å²) in [5, 5.41) is 22.2. The minimum atomic E-state index is 0.214. The highest BCUT2D eigenvalue weighted by Crippen LogP contribution is 2.34. The van der Waals surface area contributed by atoms with Crippen LogP contribution in [0.2, 0.25) is 0 Å². The molecule has 0 aliphatic heterocycles. The Morgan fingerprint density at radius 3 is 2.28 bits per heavy atom. The number of aryl methyl sites for hydroxylation is 1. The molecule has 0 bridgehead atoms. The molecule has 0 amide bonds. The first-order valence-electron chi connectivity index (χ1n) is 5.63. The largest absolute Gasteiger partial charge is 0.508 e. The van der Waals surface area contributed by atoms with Crippen LogP contribution in [0.4, 0.5) is 17.1 Å². The number of aromatic hydroxyl groups is 2. The average Bonchev–Trinajstić information content (AvgIpc) is 2.36. The number of nitrogen functional groups attached to an aromatic ring is 1. The molecule has 0 heterocycles. The SMILES string of the molecule is Cc1cc(Nc2ccc(O)cc2)c(N)c(C)c1O. The van der Waals surface area contributed by atoms with Crippen LogP contribution in [0, 0.1) is 13.8 Å². The highest BCUT2D eigenvalue weighted by molar-refractivity contribution is 5.78. The summed E-state index contributed by atoms with van der Waals surface area (Å²) in [4.78, 5) is 0. The summed E-state index contributed by atoms with van der Waals surface area (Å²) in [7, 11) is 0. The van der Waals surface area contributed by atoms with Gasteiger partial charge in [0.15, 0.2) is 0 Å². The zero-order valence-corrected chi connectivity index (χ0v) is 10.4. The maximum Gasteiger partial charge on any atom is 0.123 e. The number of phenols is 2. The van der Waals surface area contributed by atoms with Gasteiger partial charge in [0.2, 0.25) is 0 Å². The first-order valence-corrected chi connectivity index (χ1v) is 5.63. The molecular formula is C14H16N2O2. The van der Waals surface area contributed by atoms with Crippen LogP contribution in [0.1, 0.15) is 11.1 Å². The van der Waals surface area contributed by atoms with E-state index in [-0.39, 0.29) is 11.5 Å². The second kappa shape index (κ2) is 4.49. The lowest BCUT2D eigenvalue weighted by Crippen LogP contribution is -2.00. The summed E-state index contributed by atoms with van der Waals surface area (Å²) in [5.41, 5.74) is 9.47. The van der Waals surface area contributed by atoms with Crippen molar-refractivity contribution in [3.63, 3.8) is 0 Å². The zero-order valence-electron chi connectivity index (χ0n) is 10.4. The molecule has 0 atom stereocenters. The maximum absolute atomic E-state index is 9.77. The van der Waals surface area contributed by atoms with E-state index in [0.29, 0.717) is 11.3 Å². The summed E-state index contributed by atoms with van der Waals surface area (Å²) in [6.45, 7) is 3.60. The van der Waals surface area contributed by atoms with E-state index in [1.807, 2.05) is 6.92 Å². The molecule has 2 aromatic carbocycles. The number of benzene rings is 2. The Labute approximate surface area is 106 Å². The smallest absolute Gasteiger partial charge is 0.123 e. The van der Waals surface area contributed by atoms with E-state index in [9.17, 15) is 10.2 Å². The van der Waals surface area contributed by atoms with Gasteiger partial charge in [-0.05, 0) is 49.7 Å². The molecule has 0 saturated heterocycles. The van der Waals surface area contributed by atoms with Crippen LogP contribution in [0.25, 0.3) is 0 Å². The monoisotopic (exact) mass is 244 g/mol. The third kappa shape index (κ3) is 2.18. The van der Waals surface area contributed by atoms with Crippen LogP contribution in [-0.4, -0.2) is 10.2 Å². The number of hydrogen-bond acceptors (Lipinski definition) is 4. The minimum absolute atomic E-state index is 0.214. The third-order valence-electron chi connectivity index (χ3n) is 2.93.